The summed E-state index contributed by atoms with van der Waals surface area (Å²) in [7, 11) is 0. The van der Waals surface area contributed by atoms with E-state index in [4.69, 9.17) is 9.47 Å². The number of hydrogen-bond donors (Lipinski definition) is 2. The number of ether oxygens (including phenoxy) is 2. The van der Waals surface area contributed by atoms with Crippen molar-refractivity contribution in [2.75, 3.05) is 0 Å². The molecule has 2 aliphatic rings. The van der Waals surface area contributed by atoms with E-state index in [1.165, 1.54) is 0 Å². The van der Waals surface area contributed by atoms with Crippen molar-refractivity contribution in [1.29, 1.82) is 0 Å². The Kier molecular flexibility index (Phi) is 10.1. The number of halogens is 4. The molecule has 0 unspecified atom stereocenters. The summed E-state index contributed by atoms with van der Waals surface area (Å²) >= 11 is 15.3. The van der Waals surface area contributed by atoms with Gasteiger partial charge >= 0.3 is 0 Å². The van der Waals surface area contributed by atoms with Crippen LogP contribution < -0.4 is 9.47 Å². The molecular formula is C32H34Br4O4. The lowest BCUT2D eigenvalue weighted by molar-refractivity contribution is 0.0658. The zero-order valence-corrected chi connectivity index (χ0v) is 28.7. The lowest BCUT2D eigenvalue weighted by Gasteiger charge is -2.34. The topological polar surface area (TPSA) is 58.9 Å². The molecule has 40 heavy (non-hydrogen) atoms. The van der Waals surface area contributed by atoms with Gasteiger partial charge in [-0.3, -0.25) is 0 Å². The predicted octanol–water partition coefficient (Wildman–Crippen LogP) is 9.46. The smallest absolute Gasteiger partial charge is 0.148 e. The minimum atomic E-state index is -0.488. The van der Waals surface area contributed by atoms with E-state index in [0.29, 0.717) is 0 Å². The van der Waals surface area contributed by atoms with Gasteiger partial charge in [-0.2, -0.15) is 0 Å². The lowest BCUT2D eigenvalue weighted by Crippen LogP contribution is -2.28. The standard InChI is InChI=1S/C32H34Br4O4/c1-32(19-5-3-2-4-6-19,20-15-26(33)30(27(34)16-20)39-24-11-7-22(37)8-12-24)21-17-28(35)31(29(36)18-21)40-25-13-9-23(38)10-14-25/h2-6,15-18,22-25,37-38H,7-14H2,1H3. The number of aliphatic hydroxyl groups excluding tert-OH is 2. The van der Waals surface area contributed by atoms with Gasteiger partial charge in [-0.25, -0.2) is 0 Å². The monoisotopic (exact) mass is 798 g/mol. The van der Waals surface area contributed by atoms with E-state index in [2.05, 4.69) is 119 Å². The highest BCUT2D eigenvalue weighted by Gasteiger charge is 2.34. The van der Waals surface area contributed by atoms with Crippen LogP contribution in [0, 0.1) is 0 Å². The molecule has 4 nitrogen and oxygen atoms in total. The Labute approximate surface area is 270 Å². The molecule has 3 aromatic rings. The lowest BCUT2D eigenvalue weighted by atomic mass is 9.71. The normalized spacial score (nSPS) is 24.8. The molecule has 3 aromatic carbocycles. The van der Waals surface area contributed by atoms with Crippen LogP contribution in [0.4, 0.5) is 0 Å². The van der Waals surface area contributed by atoms with Gasteiger partial charge in [-0.1, -0.05) is 30.3 Å². The van der Waals surface area contributed by atoms with Crippen LogP contribution in [0.2, 0.25) is 0 Å². The van der Waals surface area contributed by atoms with Gasteiger partial charge in [0.05, 0.1) is 42.3 Å². The van der Waals surface area contributed by atoms with Crippen molar-refractivity contribution >= 4 is 63.7 Å². The second kappa shape index (κ2) is 13.2. The molecule has 0 bridgehead atoms. The van der Waals surface area contributed by atoms with E-state index in [0.717, 1.165) is 97.4 Å². The van der Waals surface area contributed by atoms with Crippen LogP contribution in [0.15, 0.2) is 72.5 Å². The van der Waals surface area contributed by atoms with Crippen LogP contribution in [-0.4, -0.2) is 34.6 Å². The molecule has 8 heteroatoms. The van der Waals surface area contributed by atoms with Crippen LogP contribution >= 0.6 is 63.7 Å². The van der Waals surface area contributed by atoms with Gasteiger partial charge in [0.15, 0.2) is 0 Å². The Morgan fingerprint density at radius 3 is 1.27 bits per heavy atom. The van der Waals surface area contributed by atoms with Crippen LogP contribution in [0.3, 0.4) is 0 Å². The van der Waals surface area contributed by atoms with Crippen molar-refractivity contribution in [1.82, 2.24) is 0 Å². The number of benzene rings is 3. The molecule has 5 rings (SSSR count). The first-order valence-corrected chi connectivity index (χ1v) is 17.1. The number of aliphatic hydroxyl groups is 2. The predicted molar refractivity (Wildman–Crippen MR) is 173 cm³/mol. The fourth-order valence-electron chi connectivity index (χ4n) is 5.85. The van der Waals surface area contributed by atoms with Gasteiger partial charge in [-0.15, -0.1) is 0 Å². The summed E-state index contributed by atoms with van der Waals surface area (Å²) < 4.78 is 16.4. The first kappa shape index (κ1) is 30.6. The first-order chi connectivity index (χ1) is 19.1. The molecule has 214 valence electrons. The summed E-state index contributed by atoms with van der Waals surface area (Å²) in [6.07, 6.45) is 6.24. The fraction of sp³-hybridized carbons (Fsp3) is 0.438. The second-order valence-electron chi connectivity index (χ2n) is 11.1. The first-order valence-electron chi connectivity index (χ1n) is 13.9. The van der Waals surface area contributed by atoms with Gasteiger partial charge in [-0.05, 0) is 163 Å². The van der Waals surface area contributed by atoms with Crippen LogP contribution in [-0.2, 0) is 5.41 Å². The number of hydrogen-bond acceptors (Lipinski definition) is 4. The summed E-state index contributed by atoms with van der Waals surface area (Å²) in [6.45, 7) is 2.25. The molecular weight excluding hydrogens is 768 g/mol. The average Bonchev–Trinajstić information content (AvgIpc) is 2.94. The van der Waals surface area contributed by atoms with Crippen LogP contribution in [0.1, 0.15) is 75.0 Å². The maximum atomic E-state index is 9.89. The quantitative estimate of drug-likeness (QED) is 0.234. The average molecular weight is 802 g/mol. The molecule has 0 spiro atoms. The van der Waals surface area contributed by atoms with E-state index in [1.54, 1.807) is 0 Å². The van der Waals surface area contributed by atoms with Crippen molar-refractivity contribution in [2.24, 2.45) is 0 Å². The highest BCUT2D eigenvalue weighted by Crippen LogP contribution is 2.48. The molecule has 0 aliphatic heterocycles. The van der Waals surface area contributed by atoms with Gasteiger partial charge in [0.25, 0.3) is 0 Å². The van der Waals surface area contributed by atoms with Crippen molar-refractivity contribution in [3.8, 4) is 11.5 Å². The van der Waals surface area contributed by atoms with E-state index in [-0.39, 0.29) is 24.4 Å². The van der Waals surface area contributed by atoms with Gasteiger partial charge in [0, 0.05) is 5.41 Å². The minimum Gasteiger partial charge on any atom is -0.488 e. The van der Waals surface area contributed by atoms with Crippen molar-refractivity contribution in [3.05, 3.63) is 89.2 Å². The highest BCUT2D eigenvalue weighted by molar-refractivity contribution is 9.11. The van der Waals surface area contributed by atoms with Crippen molar-refractivity contribution in [3.63, 3.8) is 0 Å². The molecule has 2 saturated carbocycles. The van der Waals surface area contributed by atoms with Crippen molar-refractivity contribution < 1.29 is 19.7 Å². The van der Waals surface area contributed by atoms with Gasteiger partial charge < -0.3 is 19.7 Å². The molecule has 0 heterocycles. The molecule has 0 radical (unpaired) electrons. The molecule has 0 aromatic heterocycles. The van der Waals surface area contributed by atoms with Crippen LogP contribution in [0.25, 0.3) is 0 Å². The molecule has 2 fully saturated rings. The molecule has 0 saturated heterocycles. The molecule has 2 N–H and O–H groups in total. The summed E-state index contributed by atoms with van der Waals surface area (Å²) in [5, 5.41) is 19.8. The van der Waals surface area contributed by atoms with E-state index in [9.17, 15) is 10.2 Å². The van der Waals surface area contributed by atoms with E-state index >= 15 is 0 Å². The Morgan fingerprint density at radius 1 is 0.575 bits per heavy atom. The molecule has 0 amide bonds. The highest BCUT2D eigenvalue weighted by atomic mass is 79.9. The van der Waals surface area contributed by atoms with E-state index in [1.807, 2.05) is 6.07 Å². The second-order valence-corrected chi connectivity index (χ2v) is 14.5. The summed E-state index contributed by atoms with van der Waals surface area (Å²) in [5.74, 6) is 1.59. The molecule has 0 atom stereocenters. The third kappa shape index (κ3) is 6.68. The zero-order valence-electron chi connectivity index (χ0n) is 22.4. The zero-order chi connectivity index (χ0) is 28.4. The van der Waals surface area contributed by atoms with Gasteiger partial charge in [0.1, 0.15) is 11.5 Å². The maximum absolute atomic E-state index is 9.89. The minimum absolute atomic E-state index is 0.0919. The fourth-order valence-corrected chi connectivity index (χ4v) is 8.60. The van der Waals surface area contributed by atoms with Crippen molar-refractivity contribution in [2.45, 2.75) is 88.1 Å². The van der Waals surface area contributed by atoms with Gasteiger partial charge in [0.2, 0.25) is 0 Å². The third-order valence-corrected chi connectivity index (χ3v) is 10.7. The Bertz CT molecular complexity index is 1190. The summed E-state index contributed by atoms with van der Waals surface area (Å²) in [5.41, 5.74) is 2.89. The largest absolute Gasteiger partial charge is 0.488 e. The van der Waals surface area contributed by atoms with E-state index < -0.39 is 5.41 Å². The Morgan fingerprint density at radius 2 is 0.925 bits per heavy atom. The SMILES string of the molecule is CC(c1ccccc1)(c1cc(Br)c(OC2CCC(O)CC2)c(Br)c1)c1cc(Br)c(OC2CCC(O)CC2)c(Br)c1. The third-order valence-electron chi connectivity index (χ3n) is 8.36. The number of rotatable bonds is 7. The summed E-state index contributed by atoms with van der Waals surface area (Å²) in [4.78, 5) is 0. The maximum Gasteiger partial charge on any atom is 0.148 e. The Balaban J connectivity index is 1.51. The van der Waals surface area contributed by atoms with Crippen LogP contribution in [0.5, 0.6) is 11.5 Å². The summed E-state index contributed by atoms with van der Waals surface area (Å²) in [6, 6.07) is 19.1. The molecule has 2 aliphatic carbocycles. The Hall–Kier alpha value is -0.900.